The third-order valence-electron chi connectivity index (χ3n) is 3.34. The molecule has 168 valence electrons. The Balaban J connectivity index is 1.95. The molecule has 0 amide bonds. The molecule has 0 bridgehead atoms. The molecule has 0 spiro atoms. The van der Waals surface area contributed by atoms with Gasteiger partial charge in [0.2, 0.25) is 0 Å². The number of hydrogen-bond donors (Lipinski definition) is 9. The van der Waals surface area contributed by atoms with Crippen molar-refractivity contribution in [1.82, 2.24) is 9.97 Å². The van der Waals surface area contributed by atoms with E-state index in [4.69, 9.17) is 14.5 Å². The topological polar surface area (TPSA) is 271 Å². The van der Waals surface area contributed by atoms with Crippen LogP contribution in [-0.2, 0) is 27.5 Å². The summed E-state index contributed by atoms with van der Waals surface area (Å²) < 4.78 is 31.6. The summed E-state index contributed by atoms with van der Waals surface area (Å²) in [6.07, 6.45) is -5.17. The van der Waals surface area contributed by atoms with Gasteiger partial charge < -0.3 is 0 Å². The van der Waals surface area contributed by atoms with Gasteiger partial charge in [0.25, 0.3) is 0 Å². The Kier molecular flexibility index (Phi) is 8.14. The van der Waals surface area contributed by atoms with Gasteiger partial charge in [0.15, 0.2) is 0 Å². The molecule has 1 fully saturated rings. The summed E-state index contributed by atoms with van der Waals surface area (Å²) in [6, 6.07) is 0. The van der Waals surface area contributed by atoms with E-state index in [1.54, 1.807) is 0 Å². The van der Waals surface area contributed by atoms with E-state index < -0.39 is 66.9 Å². The summed E-state index contributed by atoms with van der Waals surface area (Å²) in [6.45, 7) is -0.822. The Morgan fingerprint density at radius 1 is 1.24 bits per heavy atom. The molecule has 1 aromatic rings. The van der Waals surface area contributed by atoms with E-state index in [1.165, 1.54) is 0 Å². The molecule has 5 unspecified atom stereocenters. The molecular formula is C9H17N2O15P3. The van der Waals surface area contributed by atoms with Gasteiger partial charge in [-0.15, -0.1) is 0 Å². The van der Waals surface area contributed by atoms with E-state index in [0.29, 0.717) is 0 Å². The van der Waals surface area contributed by atoms with Crippen LogP contribution in [0.4, 0.5) is 0 Å². The Morgan fingerprint density at radius 3 is 2.48 bits per heavy atom. The molecule has 0 aliphatic carbocycles. The van der Waals surface area contributed by atoms with E-state index in [-0.39, 0.29) is 5.56 Å². The van der Waals surface area contributed by atoms with Gasteiger partial charge in [-0.1, -0.05) is 0 Å². The molecule has 2 heterocycles. The number of ether oxygens (including phenoxy) is 1. The molecular weight excluding hydrogens is 469 g/mol. The van der Waals surface area contributed by atoms with Crippen LogP contribution in [0.1, 0.15) is 11.7 Å². The fourth-order valence-electron chi connectivity index (χ4n) is 2.18. The Morgan fingerprint density at radius 2 is 1.90 bits per heavy atom. The molecule has 1 aliphatic rings. The van der Waals surface area contributed by atoms with Gasteiger partial charge in [-0.3, -0.25) is 0 Å². The minimum atomic E-state index is -5.17. The Bertz CT molecular complexity index is 852. The van der Waals surface area contributed by atoms with Gasteiger partial charge >= 0.3 is 160 Å². The van der Waals surface area contributed by atoms with Crippen LogP contribution in [-0.4, -0.2) is 69.6 Å². The molecule has 2 rings (SSSR count). The average Bonchev–Trinajstić information content (AvgIpc) is 2.86. The second-order valence-electron chi connectivity index (χ2n) is 5.43. The maximum atomic E-state index is 11.8. The van der Waals surface area contributed by atoms with Crippen LogP contribution in [0.25, 0.3) is 0 Å². The maximum absolute atomic E-state index is 11.8. The standard InChI is InChI=1S/C9H17N2O15P3/c12-5-4(2-22-29(20,21)26-27(16)24-25-28(17,18)19)23-7(6(5)13)3-1-10-9(15)11-8(3)14/h1,4-7,12-13,16,20-21,29H,2H2,(H2,17,18,19)(H2,10,11,14,15). The zero-order valence-electron chi connectivity index (χ0n) is 13.9. The van der Waals surface area contributed by atoms with Crippen molar-refractivity contribution >= 4 is 24.6 Å². The van der Waals surface area contributed by atoms with Crippen molar-refractivity contribution in [3.63, 3.8) is 0 Å². The first kappa shape index (κ1) is 24.6. The first-order valence-electron chi connectivity index (χ1n) is 7.31. The van der Waals surface area contributed by atoms with Gasteiger partial charge in [0, 0.05) is 0 Å². The summed E-state index contributed by atoms with van der Waals surface area (Å²) in [7, 11) is -13.6. The van der Waals surface area contributed by atoms with E-state index in [1.807, 2.05) is 4.98 Å². The molecule has 5 atom stereocenters. The third kappa shape index (κ3) is 7.18. The van der Waals surface area contributed by atoms with Gasteiger partial charge in [0.05, 0.1) is 0 Å². The van der Waals surface area contributed by atoms with Gasteiger partial charge in [0.1, 0.15) is 0 Å². The number of rotatable bonds is 9. The number of nitrogens with one attached hydrogen (secondary N) is 2. The number of phosphoric acid groups is 1. The van der Waals surface area contributed by atoms with Crippen molar-refractivity contribution < 1.29 is 62.2 Å². The van der Waals surface area contributed by atoms with Gasteiger partial charge in [-0.2, -0.15) is 0 Å². The monoisotopic (exact) mass is 486 g/mol. The van der Waals surface area contributed by atoms with E-state index in [2.05, 4.69) is 23.2 Å². The van der Waals surface area contributed by atoms with Crippen molar-refractivity contribution in [3.05, 3.63) is 32.6 Å². The number of aliphatic hydroxyl groups is 2. The van der Waals surface area contributed by atoms with Crippen LogP contribution >= 0.6 is 24.6 Å². The van der Waals surface area contributed by atoms with Crippen LogP contribution in [0.15, 0.2) is 15.8 Å². The summed E-state index contributed by atoms with van der Waals surface area (Å²) in [4.78, 5) is 71.9. The molecule has 0 aromatic carbocycles. The normalized spacial score (nSPS) is 27.1. The molecule has 1 aliphatic heterocycles. The quantitative estimate of drug-likeness (QED) is 0.0951. The first-order valence-corrected chi connectivity index (χ1v) is 11.7. The van der Waals surface area contributed by atoms with Crippen LogP contribution in [0.5, 0.6) is 0 Å². The number of aromatic nitrogens is 2. The van der Waals surface area contributed by atoms with Crippen molar-refractivity contribution in [2.75, 3.05) is 6.61 Å². The number of hydrogen-bond acceptors (Lipinski definition) is 13. The van der Waals surface area contributed by atoms with E-state index in [9.17, 15) is 39.0 Å². The predicted octanol–water partition coefficient (Wildman–Crippen LogP) is -3.09. The van der Waals surface area contributed by atoms with Crippen molar-refractivity contribution in [3.8, 4) is 0 Å². The van der Waals surface area contributed by atoms with E-state index in [0.717, 1.165) is 6.20 Å². The minimum absolute atomic E-state index is 0.228. The average molecular weight is 486 g/mol. The summed E-state index contributed by atoms with van der Waals surface area (Å²) in [5, 5.41) is 20.0. The van der Waals surface area contributed by atoms with Crippen molar-refractivity contribution in [2.24, 2.45) is 0 Å². The third-order valence-corrected chi connectivity index (χ3v) is 6.05. The van der Waals surface area contributed by atoms with Crippen LogP contribution in [0, 0.1) is 0 Å². The predicted molar refractivity (Wildman–Crippen MR) is 90.5 cm³/mol. The molecule has 1 aromatic heterocycles. The van der Waals surface area contributed by atoms with Gasteiger partial charge in [-0.25, -0.2) is 0 Å². The fraction of sp³-hybridized carbons (Fsp3) is 0.556. The van der Waals surface area contributed by atoms with Crippen LogP contribution in [0.3, 0.4) is 0 Å². The van der Waals surface area contributed by atoms with Gasteiger partial charge in [-0.05, 0) is 0 Å². The van der Waals surface area contributed by atoms with Crippen LogP contribution < -0.4 is 11.2 Å². The fourth-order valence-corrected chi connectivity index (χ4v) is 4.28. The molecule has 1 saturated heterocycles. The first-order chi connectivity index (χ1) is 13.3. The Labute approximate surface area is 161 Å². The molecule has 0 saturated carbocycles. The second kappa shape index (κ2) is 9.62. The zero-order chi connectivity index (χ0) is 22.0. The summed E-state index contributed by atoms with van der Waals surface area (Å²) in [5.74, 6) is 0. The van der Waals surface area contributed by atoms with Crippen LogP contribution in [0.2, 0.25) is 0 Å². The van der Waals surface area contributed by atoms with Crippen molar-refractivity contribution in [2.45, 2.75) is 24.4 Å². The number of aliphatic hydroxyl groups excluding tert-OH is 2. The molecule has 17 nitrogen and oxygen atoms in total. The van der Waals surface area contributed by atoms with Crippen molar-refractivity contribution in [1.29, 1.82) is 0 Å². The Hall–Kier alpha value is -0.710. The second-order valence-corrected chi connectivity index (χ2v) is 9.30. The summed E-state index contributed by atoms with van der Waals surface area (Å²) >= 11 is 0. The molecule has 20 heteroatoms. The summed E-state index contributed by atoms with van der Waals surface area (Å²) in [5.41, 5.74) is -1.94. The molecule has 29 heavy (non-hydrogen) atoms. The number of H-pyrrole nitrogens is 2. The molecule has 0 radical (unpaired) electrons. The zero-order valence-corrected chi connectivity index (χ0v) is 16.7. The molecule has 9 N–H and O–H groups in total. The van der Waals surface area contributed by atoms with E-state index >= 15 is 0 Å². The number of aromatic amines is 2. The SMILES string of the molecule is O=c1[nH]cc(C2OC(CO[PH](O)(O)OP(O)OOP(=O)(O)O)C(O)C2O)c(=O)[nH]1.